The van der Waals surface area contributed by atoms with Crippen molar-refractivity contribution in [1.29, 1.82) is 0 Å². The van der Waals surface area contributed by atoms with E-state index in [4.69, 9.17) is 5.11 Å². The van der Waals surface area contributed by atoms with Crippen molar-refractivity contribution in [1.82, 2.24) is 5.32 Å². The Balaban J connectivity index is 1.92. The molecule has 0 saturated carbocycles. The molecule has 5 nitrogen and oxygen atoms in total. The summed E-state index contributed by atoms with van der Waals surface area (Å²) < 4.78 is 0. The van der Waals surface area contributed by atoms with Crippen LogP contribution in [-0.2, 0) is 4.79 Å². The molecular formula is C19H22N2O3. The zero-order chi connectivity index (χ0) is 17.4. The van der Waals surface area contributed by atoms with E-state index in [1.807, 2.05) is 31.3 Å². The normalized spacial score (nSPS) is 10.4. The summed E-state index contributed by atoms with van der Waals surface area (Å²) >= 11 is 0. The minimum absolute atomic E-state index is 0.0182. The molecule has 0 aliphatic carbocycles. The van der Waals surface area contributed by atoms with Crippen LogP contribution in [0.25, 0.3) is 11.1 Å². The van der Waals surface area contributed by atoms with Gasteiger partial charge in [0.25, 0.3) is 0 Å². The molecule has 3 N–H and O–H groups in total. The number of amides is 1. The molecule has 2 aromatic rings. The van der Waals surface area contributed by atoms with Crippen LogP contribution in [0.15, 0.2) is 48.5 Å². The van der Waals surface area contributed by atoms with E-state index in [0.717, 1.165) is 36.2 Å². The Morgan fingerprint density at radius 1 is 0.917 bits per heavy atom. The minimum Gasteiger partial charge on any atom is -0.478 e. The van der Waals surface area contributed by atoms with Crippen molar-refractivity contribution in [3.63, 3.8) is 0 Å². The zero-order valence-corrected chi connectivity index (χ0v) is 13.7. The lowest BCUT2D eigenvalue weighted by atomic mass is 10.0. The maximum absolute atomic E-state index is 11.8. The number of hydrogen-bond acceptors (Lipinski definition) is 3. The summed E-state index contributed by atoms with van der Waals surface area (Å²) in [5.74, 6) is -0.918. The van der Waals surface area contributed by atoms with Gasteiger partial charge in [0.15, 0.2) is 0 Å². The van der Waals surface area contributed by atoms with Crippen LogP contribution in [0.1, 0.15) is 29.6 Å². The quantitative estimate of drug-likeness (QED) is 0.650. The number of aromatic carboxylic acids is 1. The summed E-state index contributed by atoms with van der Waals surface area (Å²) in [6.07, 6.45) is 2.36. The number of carboxylic acid groups (broad SMARTS) is 1. The number of benzene rings is 2. The van der Waals surface area contributed by atoms with Crippen LogP contribution in [0.5, 0.6) is 0 Å². The largest absolute Gasteiger partial charge is 0.478 e. The molecule has 0 saturated heterocycles. The molecule has 126 valence electrons. The molecule has 0 spiro atoms. The highest BCUT2D eigenvalue weighted by Crippen LogP contribution is 2.22. The van der Waals surface area contributed by atoms with E-state index in [1.54, 1.807) is 24.3 Å². The van der Waals surface area contributed by atoms with Gasteiger partial charge in [-0.3, -0.25) is 4.79 Å². The molecule has 2 aromatic carbocycles. The van der Waals surface area contributed by atoms with E-state index in [9.17, 15) is 9.59 Å². The van der Waals surface area contributed by atoms with Crippen molar-refractivity contribution in [2.45, 2.75) is 19.3 Å². The topological polar surface area (TPSA) is 78.4 Å². The molecule has 0 bridgehead atoms. The second-order valence-corrected chi connectivity index (χ2v) is 5.57. The fourth-order valence-electron chi connectivity index (χ4n) is 2.36. The van der Waals surface area contributed by atoms with Crippen molar-refractivity contribution in [3.05, 3.63) is 54.1 Å². The van der Waals surface area contributed by atoms with Gasteiger partial charge >= 0.3 is 5.97 Å². The van der Waals surface area contributed by atoms with Gasteiger partial charge in [0, 0.05) is 12.1 Å². The zero-order valence-electron chi connectivity index (χ0n) is 13.7. The highest BCUT2D eigenvalue weighted by atomic mass is 16.4. The number of unbranched alkanes of at least 4 members (excludes halogenated alkanes) is 1. The van der Waals surface area contributed by atoms with Gasteiger partial charge in [-0.25, -0.2) is 4.79 Å². The molecule has 24 heavy (non-hydrogen) atoms. The molecule has 0 aliphatic rings. The van der Waals surface area contributed by atoms with Gasteiger partial charge in [-0.15, -0.1) is 0 Å². The van der Waals surface area contributed by atoms with Gasteiger partial charge in [-0.05, 0) is 61.8 Å². The summed E-state index contributed by atoms with van der Waals surface area (Å²) in [6, 6.07) is 14.2. The summed E-state index contributed by atoms with van der Waals surface area (Å²) in [7, 11) is 1.90. The fraction of sp³-hybridized carbons (Fsp3) is 0.263. The summed E-state index contributed by atoms with van der Waals surface area (Å²) in [5.41, 5.74) is 2.93. The molecule has 2 rings (SSSR count). The van der Waals surface area contributed by atoms with Crippen LogP contribution in [0.3, 0.4) is 0 Å². The van der Waals surface area contributed by atoms with Crippen molar-refractivity contribution >= 4 is 17.6 Å². The highest BCUT2D eigenvalue weighted by molar-refractivity contribution is 5.91. The lowest BCUT2D eigenvalue weighted by molar-refractivity contribution is -0.116. The summed E-state index contributed by atoms with van der Waals surface area (Å²) in [6.45, 7) is 0.919. The molecule has 1 amide bonds. The van der Waals surface area contributed by atoms with Crippen LogP contribution in [0, 0.1) is 0 Å². The highest BCUT2D eigenvalue weighted by Gasteiger charge is 2.05. The number of anilines is 1. The SMILES string of the molecule is CNCCCCC(=O)Nc1ccc(-c2ccc(C(=O)O)cc2)cc1. The third-order valence-corrected chi connectivity index (χ3v) is 3.71. The molecule has 0 fully saturated rings. The first kappa shape index (κ1) is 17.7. The van der Waals surface area contributed by atoms with Crippen molar-refractivity contribution < 1.29 is 14.7 Å². The second-order valence-electron chi connectivity index (χ2n) is 5.57. The van der Waals surface area contributed by atoms with Crippen LogP contribution in [0.4, 0.5) is 5.69 Å². The number of carbonyl (C=O) groups excluding carboxylic acids is 1. The van der Waals surface area contributed by atoms with Gasteiger partial charge in [0.05, 0.1) is 5.56 Å². The minimum atomic E-state index is -0.936. The third kappa shape index (κ3) is 5.21. The Morgan fingerprint density at radius 2 is 1.50 bits per heavy atom. The Morgan fingerprint density at radius 3 is 2.04 bits per heavy atom. The van der Waals surface area contributed by atoms with Gasteiger partial charge in [0.1, 0.15) is 0 Å². The number of carbonyl (C=O) groups is 2. The molecule has 0 atom stereocenters. The summed E-state index contributed by atoms with van der Waals surface area (Å²) in [5, 5.41) is 14.9. The van der Waals surface area contributed by atoms with Gasteiger partial charge in [-0.1, -0.05) is 24.3 Å². The number of carboxylic acids is 1. The van der Waals surface area contributed by atoms with Crippen molar-refractivity contribution in [3.8, 4) is 11.1 Å². The number of rotatable bonds is 8. The first-order valence-corrected chi connectivity index (χ1v) is 7.98. The molecule has 0 aromatic heterocycles. The number of hydrogen-bond donors (Lipinski definition) is 3. The van der Waals surface area contributed by atoms with E-state index < -0.39 is 5.97 Å². The van der Waals surface area contributed by atoms with E-state index >= 15 is 0 Å². The molecule has 0 heterocycles. The average Bonchev–Trinajstić information content (AvgIpc) is 2.59. The molecule has 5 heteroatoms. The fourth-order valence-corrected chi connectivity index (χ4v) is 2.36. The van der Waals surface area contributed by atoms with Crippen LogP contribution >= 0.6 is 0 Å². The van der Waals surface area contributed by atoms with Crippen LogP contribution in [-0.4, -0.2) is 30.6 Å². The van der Waals surface area contributed by atoms with Gasteiger partial charge in [0.2, 0.25) is 5.91 Å². The molecular weight excluding hydrogens is 304 g/mol. The molecule has 0 aliphatic heterocycles. The smallest absolute Gasteiger partial charge is 0.335 e. The summed E-state index contributed by atoms with van der Waals surface area (Å²) in [4.78, 5) is 22.7. The van der Waals surface area contributed by atoms with Crippen LogP contribution < -0.4 is 10.6 Å². The predicted octanol–water partition coefficient (Wildman–Crippen LogP) is 3.38. The molecule has 0 unspecified atom stereocenters. The monoisotopic (exact) mass is 326 g/mol. The van der Waals surface area contributed by atoms with Crippen molar-refractivity contribution in [2.75, 3.05) is 18.9 Å². The first-order chi connectivity index (χ1) is 11.6. The first-order valence-electron chi connectivity index (χ1n) is 7.98. The second kappa shape index (κ2) is 8.84. The Labute approximate surface area is 141 Å². The van der Waals surface area contributed by atoms with Gasteiger partial charge < -0.3 is 15.7 Å². The lowest BCUT2D eigenvalue weighted by Gasteiger charge is -2.07. The van der Waals surface area contributed by atoms with E-state index in [-0.39, 0.29) is 11.5 Å². The maximum Gasteiger partial charge on any atom is 0.335 e. The maximum atomic E-state index is 11.8. The van der Waals surface area contributed by atoms with Crippen LogP contribution in [0.2, 0.25) is 0 Å². The van der Waals surface area contributed by atoms with E-state index in [2.05, 4.69) is 10.6 Å². The van der Waals surface area contributed by atoms with E-state index in [1.165, 1.54) is 0 Å². The van der Waals surface area contributed by atoms with Crippen molar-refractivity contribution in [2.24, 2.45) is 0 Å². The lowest BCUT2D eigenvalue weighted by Crippen LogP contribution is -2.13. The Kier molecular flexibility index (Phi) is 6.51. The molecule has 0 radical (unpaired) electrons. The third-order valence-electron chi connectivity index (χ3n) is 3.71. The average molecular weight is 326 g/mol. The van der Waals surface area contributed by atoms with Gasteiger partial charge in [-0.2, -0.15) is 0 Å². The Hall–Kier alpha value is -2.66. The predicted molar refractivity (Wildman–Crippen MR) is 95.2 cm³/mol. The Bertz CT molecular complexity index is 679. The van der Waals surface area contributed by atoms with E-state index in [0.29, 0.717) is 6.42 Å². The standard InChI is InChI=1S/C19H22N2O3/c1-20-13-3-2-4-18(22)21-17-11-9-15(10-12-17)14-5-7-16(8-6-14)19(23)24/h5-12,20H,2-4,13H2,1H3,(H,21,22)(H,23,24). The number of nitrogens with one attached hydrogen (secondary N) is 2.